The van der Waals surface area contributed by atoms with Crippen molar-refractivity contribution >= 4 is 17.8 Å². The standard InChI is InChI=1S/C15H14O3/c1-3-10-9-14(16)12-7-5-4-6-11(12)8-13(10)15(17)18-2/h3-8H,9H2,1-2H3/b10-3+. The van der Waals surface area contributed by atoms with Gasteiger partial charge in [-0.3, -0.25) is 4.79 Å². The molecular formula is C15H14O3. The van der Waals surface area contributed by atoms with Crippen molar-refractivity contribution in [3.8, 4) is 0 Å². The molecule has 0 atom stereocenters. The van der Waals surface area contributed by atoms with E-state index in [1.807, 2.05) is 25.1 Å². The molecule has 0 fully saturated rings. The second-order valence-corrected chi connectivity index (χ2v) is 4.05. The molecule has 3 nitrogen and oxygen atoms in total. The Morgan fingerprint density at radius 1 is 1.33 bits per heavy atom. The van der Waals surface area contributed by atoms with Crippen LogP contribution in [0.25, 0.3) is 6.08 Å². The Labute approximate surface area is 106 Å². The summed E-state index contributed by atoms with van der Waals surface area (Å²) < 4.78 is 4.77. The molecule has 2 rings (SSSR count). The van der Waals surface area contributed by atoms with Crippen molar-refractivity contribution < 1.29 is 14.3 Å². The van der Waals surface area contributed by atoms with Crippen LogP contribution < -0.4 is 0 Å². The number of benzene rings is 1. The molecule has 92 valence electrons. The van der Waals surface area contributed by atoms with E-state index in [0.29, 0.717) is 16.7 Å². The minimum Gasteiger partial charge on any atom is -0.465 e. The van der Waals surface area contributed by atoms with E-state index < -0.39 is 5.97 Å². The lowest BCUT2D eigenvalue weighted by Crippen LogP contribution is -2.08. The van der Waals surface area contributed by atoms with Gasteiger partial charge in [-0.15, -0.1) is 0 Å². The topological polar surface area (TPSA) is 43.4 Å². The maximum Gasteiger partial charge on any atom is 0.338 e. The number of methoxy groups -OCH3 is 1. The number of carbonyl (C=O) groups excluding carboxylic acids is 2. The molecule has 0 N–H and O–H groups in total. The van der Waals surface area contributed by atoms with E-state index >= 15 is 0 Å². The molecule has 0 heterocycles. The average molecular weight is 242 g/mol. The first kappa shape index (κ1) is 12.3. The molecular weight excluding hydrogens is 228 g/mol. The Hall–Kier alpha value is -2.16. The number of carbonyl (C=O) groups is 2. The fourth-order valence-electron chi connectivity index (χ4n) is 2.05. The van der Waals surface area contributed by atoms with Gasteiger partial charge < -0.3 is 4.74 Å². The van der Waals surface area contributed by atoms with Crippen molar-refractivity contribution in [3.05, 3.63) is 52.6 Å². The van der Waals surface area contributed by atoms with E-state index in [-0.39, 0.29) is 12.2 Å². The van der Waals surface area contributed by atoms with Crippen LogP contribution >= 0.6 is 0 Å². The number of ketones is 1. The van der Waals surface area contributed by atoms with Crippen LogP contribution in [0.1, 0.15) is 29.3 Å². The summed E-state index contributed by atoms with van der Waals surface area (Å²) in [5.41, 5.74) is 2.58. The Morgan fingerprint density at radius 2 is 2.06 bits per heavy atom. The second kappa shape index (κ2) is 5.00. The van der Waals surface area contributed by atoms with Crippen molar-refractivity contribution in [2.75, 3.05) is 7.11 Å². The number of hydrogen-bond acceptors (Lipinski definition) is 3. The summed E-state index contributed by atoms with van der Waals surface area (Å²) in [6.45, 7) is 1.81. The van der Waals surface area contributed by atoms with Gasteiger partial charge in [0, 0.05) is 12.0 Å². The molecule has 0 unspecified atom stereocenters. The van der Waals surface area contributed by atoms with Crippen LogP contribution in [0.2, 0.25) is 0 Å². The summed E-state index contributed by atoms with van der Waals surface area (Å²) in [7, 11) is 1.34. The van der Waals surface area contributed by atoms with Gasteiger partial charge in [0.05, 0.1) is 12.7 Å². The van der Waals surface area contributed by atoms with Crippen LogP contribution in [-0.2, 0) is 9.53 Å². The fraction of sp³-hybridized carbons (Fsp3) is 0.200. The van der Waals surface area contributed by atoms with Crippen molar-refractivity contribution in [1.29, 1.82) is 0 Å². The number of fused-ring (bicyclic) bond motifs is 1. The van der Waals surface area contributed by atoms with Crippen LogP contribution in [0.4, 0.5) is 0 Å². The maximum absolute atomic E-state index is 12.1. The average Bonchev–Trinajstić information content (AvgIpc) is 2.55. The molecule has 3 heteroatoms. The summed E-state index contributed by atoms with van der Waals surface area (Å²) in [5.74, 6) is -0.388. The number of hydrogen-bond donors (Lipinski definition) is 0. The highest BCUT2D eigenvalue weighted by Gasteiger charge is 2.23. The first-order valence-electron chi connectivity index (χ1n) is 5.75. The number of rotatable bonds is 1. The summed E-state index contributed by atoms with van der Waals surface area (Å²) in [5, 5.41) is 0. The smallest absolute Gasteiger partial charge is 0.338 e. The van der Waals surface area contributed by atoms with E-state index in [2.05, 4.69) is 0 Å². The predicted molar refractivity (Wildman–Crippen MR) is 69.1 cm³/mol. The first-order valence-corrected chi connectivity index (χ1v) is 5.75. The van der Waals surface area contributed by atoms with Crippen molar-refractivity contribution in [2.45, 2.75) is 13.3 Å². The van der Waals surface area contributed by atoms with Crippen LogP contribution in [0, 0.1) is 0 Å². The zero-order valence-corrected chi connectivity index (χ0v) is 10.4. The van der Waals surface area contributed by atoms with Gasteiger partial charge in [0.2, 0.25) is 0 Å². The molecule has 0 saturated carbocycles. The highest BCUT2D eigenvalue weighted by molar-refractivity contribution is 6.08. The second-order valence-electron chi connectivity index (χ2n) is 4.05. The zero-order chi connectivity index (χ0) is 13.1. The largest absolute Gasteiger partial charge is 0.465 e. The third kappa shape index (κ3) is 2.12. The van der Waals surface area contributed by atoms with Gasteiger partial charge in [-0.1, -0.05) is 30.3 Å². The Kier molecular flexibility index (Phi) is 3.42. The lowest BCUT2D eigenvalue weighted by molar-refractivity contribution is -0.135. The van der Waals surface area contributed by atoms with E-state index in [0.717, 1.165) is 5.56 Å². The van der Waals surface area contributed by atoms with Gasteiger partial charge >= 0.3 is 5.97 Å². The van der Waals surface area contributed by atoms with Gasteiger partial charge in [-0.2, -0.15) is 0 Å². The third-order valence-electron chi connectivity index (χ3n) is 3.01. The Morgan fingerprint density at radius 3 is 2.72 bits per heavy atom. The summed E-state index contributed by atoms with van der Waals surface area (Å²) in [6, 6.07) is 7.28. The molecule has 1 aliphatic rings. The monoisotopic (exact) mass is 242 g/mol. The lowest BCUT2D eigenvalue weighted by Gasteiger charge is -2.06. The molecule has 0 aromatic heterocycles. The van der Waals surface area contributed by atoms with E-state index in [1.54, 1.807) is 18.2 Å². The molecule has 0 spiro atoms. The number of ether oxygens (including phenoxy) is 1. The van der Waals surface area contributed by atoms with E-state index in [4.69, 9.17) is 4.74 Å². The number of esters is 1. The quantitative estimate of drug-likeness (QED) is 0.711. The summed E-state index contributed by atoms with van der Waals surface area (Å²) >= 11 is 0. The zero-order valence-electron chi connectivity index (χ0n) is 10.4. The third-order valence-corrected chi connectivity index (χ3v) is 3.01. The molecule has 0 saturated heterocycles. The fourth-order valence-corrected chi connectivity index (χ4v) is 2.05. The minimum atomic E-state index is -0.410. The van der Waals surface area contributed by atoms with Crippen LogP contribution in [0.3, 0.4) is 0 Å². The highest BCUT2D eigenvalue weighted by Crippen LogP contribution is 2.27. The summed E-state index contributed by atoms with van der Waals surface area (Å²) in [4.78, 5) is 23.9. The van der Waals surface area contributed by atoms with Crippen molar-refractivity contribution in [1.82, 2.24) is 0 Å². The molecule has 0 bridgehead atoms. The maximum atomic E-state index is 12.1. The van der Waals surface area contributed by atoms with Crippen LogP contribution in [0.5, 0.6) is 0 Å². The Bertz CT molecular complexity index is 565. The van der Waals surface area contributed by atoms with Gasteiger partial charge in [0.25, 0.3) is 0 Å². The lowest BCUT2D eigenvalue weighted by atomic mass is 10.0. The molecule has 1 aromatic rings. The van der Waals surface area contributed by atoms with Crippen LogP contribution in [-0.4, -0.2) is 18.9 Å². The first-order chi connectivity index (χ1) is 8.67. The molecule has 0 aliphatic heterocycles. The van der Waals surface area contributed by atoms with Gasteiger partial charge in [0.15, 0.2) is 5.78 Å². The predicted octanol–water partition coefficient (Wildman–Crippen LogP) is 2.78. The van der Waals surface area contributed by atoms with Gasteiger partial charge in [-0.25, -0.2) is 4.79 Å². The Balaban J connectivity index is 2.61. The normalized spacial score (nSPS) is 16.9. The number of Topliss-reactive ketones (excluding diaryl/α,β-unsaturated/α-hetero) is 1. The van der Waals surface area contributed by atoms with E-state index in [1.165, 1.54) is 7.11 Å². The highest BCUT2D eigenvalue weighted by atomic mass is 16.5. The molecule has 0 amide bonds. The van der Waals surface area contributed by atoms with Gasteiger partial charge in [0.1, 0.15) is 0 Å². The molecule has 1 aliphatic carbocycles. The van der Waals surface area contributed by atoms with Crippen LogP contribution in [0.15, 0.2) is 41.5 Å². The van der Waals surface area contributed by atoms with Crippen molar-refractivity contribution in [2.24, 2.45) is 0 Å². The molecule has 18 heavy (non-hydrogen) atoms. The van der Waals surface area contributed by atoms with Gasteiger partial charge in [-0.05, 0) is 24.1 Å². The minimum absolute atomic E-state index is 0.0221. The SMILES string of the molecule is C/C=C1\CC(=O)c2ccccc2C=C1C(=O)OC. The molecule has 1 aromatic carbocycles. The van der Waals surface area contributed by atoms with Crippen molar-refractivity contribution in [3.63, 3.8) is 0 Å². The van der Waals surface area contributed by atoms with E-state index in [9.17, 15) is 9.59 Å². The number of allylic oxidation sites excluding steroid dienone is 1. The summed E-state index contributed by atoms with van der Waals surface area (Å²) in [6.07, 6.45) is 3.74. The molecule has 0 radical (unpaired) electrons.